The van der Waals surface area contributed by atoms with Gasteiger partial charge in [0.15, 0.2) is 10.8 Å². The molecule has 0 aliphatic carbocycles. The van der Waals surface area contributed by atoms with Crippen LogP contribution in [0.2, 0.25) is 0 Å². The van der Waals surface area contributed by atoms with Crippen LogP contribution in [0.1, 0.15) is 25.0 Å². The number of halogens is 1. The van der Waals surface area contributed by atoms with Gasteiger partial charge in [0.1, 0.15) is 0 Å². The van der Waals surface area contributed by atoms with E-state index >= 15 is 0 Å². The molecule has 0 amide bonds. The Morgan fingerprint density at radius 2 is 2.47 bits per heavy atom. The first kappa shape index (κ1) is 13.2. The Hall–Kier alpha value is -0.780. The number of anilines is 1. The summed E-state index contributed by atoms with van der Waals surface area (Å²) in [7, 11) is 2.07. The minimum absolute atomic E-state index is 0.321. The first-order chi connectivity index (χ1) is 9.29. The number of rotatable bonds is 4. The third-order valence-electron chi connectivity index (χ3n) is 3.58. The van der Waals surface area contributed by atoms with E-state index in [0.29, 0.717) is 12.0 Å². The lowest BCUT2D eigenvalue weighted by molar-refractivity contribution is 0.0215. The predicted octanol–water partition coefficient (Wildman–Crippen LogP) is 3.14. The molecule has 1 fully saturated rings. The van der Waals surface area contributed by atoms with Crippen molar-refractivity contribution in [1.82, 2.24) is 9.38 Å². The monoisotopic (exact) mass is 299 g/mol. The lowest BCUT2D eigenvalue weighted by Crippen LogP contribution is -2.33. The molecule has 1 aliphatic heterocycles. The van der Waals surface area contributed by atoms with E-state index in [-0.39, 0.29) is 0 Å². The van der Waals surface area contributed by atoms with Gasteiger partial charge in [-0.1, -0.05) is 0 Å². The molecule has 1 unspecified atom stereocenters. The quantitative estimate of drug-likeness (QED) is 0.812. The molecule has 4 nitrogen and oxygen atoms in total. The van der Waals surface area contributed by atoms with Crippen LogP contribution in [0.15, 0.2) is 11.6 Å². The van der Waals surface area contributed by atoms with E-state index in [0.717, 1.165) is 36.0 Å². The van der Waals surface area contributed by atoms with E-state index in [4.69, 9.17) is 16.3 Å². The second kappa shape index (κ2) is 5.69. The Morgan fingerprint density at radius 3 is 3.21 bits per heavy atom. The highest BCUT2D eigenvalue weighted by Crippen LogP contribution is 2.26. The molecular formula is C13H18ClN3OS. The second-order valence-electron chi connectivity index (χ2n) is 4.94. The molecule has 3 heterocycles. The van der Waals surface area contributed by atoms with Crippen LogP contribution in [-0.2, 0) is 10.6 Å². The smallest absolute Gasteiger partial charge is 0.195 e. The van der Waals surface area contributed by atoms with E-state index < -0.39 is 0 Å². The van der Waals surface area contributed by atoms with Crippen molar-refractivity contribution in [2.75, 3.05) is 25.1 Å². The minimum atomic E-state index is 0.321. The molecular weight excluding hydrogens is 282 g/mol. The normalized spacial score (nSPS) is 20.0. The molecule has 0 saturated carbocycles. The van der Waals surface area contributed by atoms with Crippen molar-refractivity contribution in [3.8, 4) is 0 Å². The molecule has 0 N–H and O–H groups in total. The van der Waals surface area contributed by atoms with Crippen molar-refractivity contribution in [3.63, 3.8) is 0 Å². The molecule has 0 radical (unpaired) electrons. The standard InChI is InChI=1S/C13H18ClN3OS/c1-16(9-10-4-2-3-6-18-10)12-11(8-14)17-5-7-19-13(17)15-12/h5,7,10H,2-4,6,8-9H2,1H3. The van der Waals surface area contributed by atoms with Crippen LogP contribution in [0.3, 0.4) is 0 Å². The number of thiazole rings is 1. The van der Waals surface area contributed by atoms with Crippen molar-refractivity contribution >= 4 is 33.7 Å². The first-order valence-corrected chi connectivity index (χ1v) is 8.04. The van der Waals surface area contributed by atoms with Gasteiger partial charge in [-0.25, -0.2) is 4.98 Å². The van der Waals surface area contributed by atoms with Crippen molar-refractivity contribution in [2.45, 2.75) is 31.2 Å². The molecule has 104 valence electrons. The van der Waals surface area contributed by atoms with Gasteiger partial charge in [-0.2, -0.15) is 0 Å². The summed E-state index contributed by atoms with van der Waals surface area (Å²) in [6, 6.07) is 0. The molecule has 19 heavy (non-hydrogen) atoms. The van der Waals surface area contributed by atoms with Gasteiger partial charge in [0.2, 0.25) is 0 Å². The third kappa shape index (κ3) is 2.59. The van der Waals surface area contributed by atoms with Crippen LogP contribution >= 0.6 is 22.9 Å². The van der Waals surface area contributed by atoms with E-state index in [9.17, 15) is 0 Å². The highest BCUT2D eigenvalue weighted by atomic mass is 35.5. The molecule has 1 atom stereocenters. The Kier molecular flexibility index (Phi) is 3.96. The summed E-state index contributed by atoms with van der Waals surface area (Å²) in [4.78, 5) is 7.85. The fourth-order valence-corrected chi connectivity index (χ4v) is 3.57. The van der Waals surface area contributed by atoms with E-state index in [1.54, 1.807) is 11.3 Å². The summed E-state index contributed by atoms with van der Waals surface area (Å²) >= 11 is 7.72. The number of imidazole rings is 1. The van der Waals surface area contributed by atoms with Gasteiger partial charge in [0, 0.05) is 31.8 Å². The summed E-state index contributed by atoms with van der Waals surface area (Å²) in [6.45, 7) is 1.77. The maximum Gasteiger partial charge on any atom is 0.195 e. The molecule has 2 aromatic rings. The molecule has 1 aliphatic rings. The van der Waals surface area contributed by atoms with Gasteiger partial charge in [0.25, 0.3) is 0 Å². The Morgan fingerprint density at radius 1 is 1.58 bits per heavy atom. The zero-order valence-electron chi connectivity index (χ0n) is 11.0. The molecule has 0 aromatic carbocycles. The summed E-state index contributed by atoms with van der Waals surface area (Å²) < 4.78 is 7.87. The lowest BCUT2D eigenvalue weighted by Gasteiger charge is -2.27. The zero-order chi connectivity index (χ0) is 13.2. The van der Waals surface area contributed by atoms with Gasteiger partial charge >= 0.3 is 0 Å². The van der Waals surface area contributed by atoms with Crippen LogP contribution in [-0.4, -0.2) is 35.7 Å². The maximum atomic E-state index is 6.08. The first-order valence-electron chi connectivity index (χ1n) is 6.62. The van der Waals surface area contributed by atoms with Crippen LogP contribution in [0, 0.1) is 0 Å². The molecule has 0 spiro atoms. The van der Waals surface area contributed by atoms with Crippen LogP contribution in [0.5, 0.6) is 0 Å². The number of hydrogen-bond donors (Lipinski definition) is 0. The van der Waals surface area contributed by atoms with E-state index in [1.807, 2.05) is 11.6 Å². The summed E-state index contributed by atoms with van der Waals surface area (Å²) in [6.07, 6.45) is 5.94. The molecule has 2 aromatic heterocycles. The zero-order valence-corrected chi connectivity index (χ0v) is 12.6. The van der Waals surface area contributed by atoms with Gasteiger partial charge in [-0.05, 0) is 19.3 Å². The minimum Gasteiger partial charge on any atom is -0.376 e. The van der Waals surface area contributed by atoms with Crippen molar-refractivity contribution < 1.29 is 4.74 Å². The molecule has 3 rings (SSSR count). The van der Waals surface area contributed by atoms with Crippen molar-refractivity contribution in [3.05, 3.63) is 17.3 Å². The topological polar surface area (TPSA) is 29.8 Å². The largest absolute Gasteiger partial charge is 0.376 e. The molecule has 1 saturated heterocycles. The lowest BCUT2D eigenvalue weighted by atomic mass is 10.1. The third-order valence-corrected chi connectivity index (χ3v) is 4.59. The second-order valence-corrected chi connectivity index (χ2v) is 6.08. The maximum absolute atomic E-state index is 6.08. The summed E-state index contributed by atoms with van der Waals surface area (Å²) in [5, 5.41) is 2.03. The van der Waals surface area contributed by atoms with Crippen molar-refractivity contribution in [1.29, 1.82) is 0 Å². The van der Waals surface area contributed by atoms with Gasteiger partial charge in [0.05, 0.1) is 17.7 Å². The van der Waals surface area contributed by atoms with Gasteiger partial charge in [-0.3, -0.25) is 4.40 Å². The SMILES string of the molecule is CN(CC1CCCCO1)c1nc2sccn2c1CCl. The summed E-state index contributed by atoms with van der Waals surface area (Å²) in [5.41, 5.74) is 1.07. The number of nitrogens with zero attached hydrogens (tertiary/aromatic N) is 3. The van der Waals surface area contributed by atoms with Crippen molar-refractivity contribution in [2.24, 2.45) is 0 Å². The van der Waals surface area contributed by atoms with E-state index in [1.165, 1.54) is 12.8 Å². The highest BCUT2D eigenvalue weighted by Gasteiger charge is 2.20. The highest BCUT2D eigenvalue weighted by molar-refractivity contribution is 7.15. The van der Waals surface area contributed by atoms with E-state index in [2.05, 4.69) is 21.3 Å². The van der Waals surface area contributed by atoms with Crippen LogP contribution in [0.4, 0.5) is 5.82 Å². The molecule has 0 bridgehead atoms. The fourth-order valence-electron chi connectivity index (χ4n) is 2.59. The number of ether oxygens (including phenoxy) is 1. The number of alkyl halides is 1. The van der Waals surface area contributed by atoms with Gasteiger partial charge < -0.3 is 9.64 Å². The predicted molar refractivity (Wildman–Crippen MR) is 79.5 cm³/mol. The molecule has 6 heteroatoms. The Balaban J connectivity index is 1.79. The number of hydrogen-bond acceptors (Lipinski definition) is 4. The average molecular weight is 300 g/mol. The Bertz CT molecular complexity index is 547. The summed E-state index contributed by atoms with van der Waals surface area (Å²) in [5.74, 6) is 1.46. The average Bonchev–Trinajstić information content (AvgIpc) is 2.99. The van der Waals surface area contributed by atoms with Crippen LogP contribution in [0.25, 0.3) is 4.96 Å². The number of fused-ring (bicyclic) bond motifs is 1. The Labute approximate surface area is 121 Å². The van der Waals surface area contributed by atoms with Crippen LogP contribution < -0.4 is 4.90 Å². The number of likely N-dealkylation sites (N-methyl/N-ethyl adjacent to an activating group) is 1. The fraction of sp³-hybridized carbons (Fsp3) is 0.615. The number of aromatic nitrogens is 2. The van der Waals surface area contributed by atoms with Gasteiger partial charge in [-0.15, -0.1) is 22.9 Å².